The first kappa shape index (κ1) is 12.2. The SMILES string of the molecule is Cc1ccc(NCC2(O)CCCCC2)cc1O. The van der Waals surface area contributed by atoms with Crippen molar-refractivity contribution in [2.45, 2.75) is 44.6 Å². The van der Waals surface area contributed by atoms with Crippen LogP contribution in [0.15, 0.2) is 18.2 Å². The summed E-state index contributed by atoms with van der Waals surface area (Å²) >= 11 is 0. The van der Waals surface area contributed by atoms with Crippen molar-refractivity contribution in [1.82, 2.24) is 0 Å². The van der Waals surface area contributed by atoms with E-state index in [9.17, 15) is 10.2 Å². The molecule has 1 aromatic rings. The van der Waals surface area contributed by atoms with E-state index in [1.165, 1.54) is 6.42 Å². The summed E-state index contributed by atoms with van der Waals surface area (Å²) in [5, 5.41) is 23.1. The second-order valence-corrected chi connectivity index (χ2v) is 5.14. The van der Waals surface area contributed by atoms with Gasteiger partial charge < -0.3 is 15.5 Å². The Morgan fingerprint density at radius 2 is 1.94 bits per heavy atom. The number of aromatic hydroxyl groups is 1. The zero-order chi connectivity index (χ0) is 12.3. The van der Waals surface area contributed by atoms with Crippen molar-refractivity contribution in [3.05, 3.63) is 23.8 Å². The maximum Gasteiger partial charge on any atom is 0.120 e. The van der Waals surface area contributed by atoms with E-state index in [1.807, 2.05) is 19.1 Å². The van der Waals surface area contributed by atoms with Crippen LogP contribution in [-0.4, -0.2) is 22.4 Å². The molecule has 94 valence electrons. The Hall–Kier alpha value is -1.22. The van der Waals surface area contributed by atoms with Gasteiger partial charge in [-0.15, -0.1) is 0 Å². The highest BCUT2D eigenvalue weighted by atomic mass is 16.3. The van der Waals surface area contributed by atoms with Gasteiger partial charge in [-0.3, -0.25) is 0 Å². The van der Waals surface area contributed by atoms with Crippen LogP contribution in [0.1, 0.15) is 37.7 Å². The van der Waals surface area contributed by atoms with E-state index >= 15 is 0 Å². The quantitative estimate of drug-likeness (QED) is 0.755. The molecular weight excluding hydrogens is 214 g/mol. The minimum absolute atomic E-state index is 0.297. The fourth-order valence-electron chi connectivity index (χ4n) is 2.37. The summed E-state index contributed by atoms with van der Waals surface area (Å²) in [6.45, 7) is 2.43. The van der Waals surface area contributed by atoms with Crippen molar-refractivity contribution < 1.29 is 10.2 Å². The molecule has 0 unspecified atom stereocenters. The van der Waals surface area contributed by atoms with Crippen LogP contribution in [0.2, 0.25) is 0 Å². The Morgan fingerprint density at radius 3 is 2.59 bits per heavy atom. The van der Waals surface area contributed by atoms with Crippen LogP contribution in [0.25, 0.3) is 0 Å². The molecule has 0 amide bonds. The Balaban J connectivity index is 1.94. The first-order valence-electron chi connectivity index (χ1n) is 6.35. The molecule has 0 atom stereocenters. The number of phenols is 1. The third kappa shape index (κ3) is 3.13. The molecule has 3 nitrogen and oxygen atoms in total. The number of aliphatic hydroxyl groups is 1. The lowest BCUT2D eigenvalue weighted by Gasteiger charge is -2.32. The van der Waals surface area contributed by atoms with Gasteiger partial charge in [0, 0.05) is 18.3 Å². The second-order valence-electron chi connectivity index (χ2n) is 5.14. The molecular formula is C14H21NO2. The highest BCUT2D eigenvalue weighted by Crippen LogP contribution is 2.29. The summed E-state index contributed by atoms with van der Waals surface area (Å²) in [7, 11) is 0. The van der Waals surface area contributed by atoms with E-state index in [4.69, 9.17) is 0 Å². The monoisotopic (exact) mass is 235 g/mol. The minimum atomic E-state index is -0.571. The molecule has 0 saturated heterocycles. The topological polar surface area (TPSA) is 52.5 Å². The third-order valence-electron chi connectivity index (χ3n) is 3.61. The fourth-order valence-corrected chi connectivity index (χ4v) is 2.37. The molecule has 0 radical (unpaired) electrons. The number of hydrogen-bond donors (Lipinski definition) is 3. The largest absolute Gasteiger partial charge is 0.508 e. The van der Waals surface area contributed by atoms with Gasteiger partial charge in [-0.1, -0.05) is 25.3 Å². The predicted molar refractivity (Wildman–Crippen MR) is 69.4 cm³/mol. The number of nitrogens with one attached hydrogen (secondary N) is 1. The van der Waals surface area contributed by atoms with Crippen molar-refractivity contribution in [1.29, 1.82) is 0 Å². The summed E-state index contributed by atoms with van der Waals surface area (Å²) in [6.07, 6.45) is 5.19. The van der Waals surface area contributed by atoms with E-state index in [0.29, 0.717) is 12.3 Å². The Morgan fingerprint density at radius 1 is 1.24 bits per heavy atom. The molecule has 3 heteroatoms. The van der Waals surface area contributed by atoms with Crippen LogP contribution in [-0.2, 0) is 0 Å². The molecule has 1 saturated carbocycles. The molecule has 0 bridgehead atoms. The van der Waals surface area contributed by atoms with Crippen LogP contribution in [0.3, 0.4) is 0 Å². The van der Waals surface area contributed by atoms with Crippen molar-refractivity contribution in [2.75, 3.05) is 11.9 Å². The van der Waals surface area contributed by atoms with Gasteiger partial charge in [-0.25, -0.2) is 0 Å². The molecule has 0 aliphatic heterocycles. The van der Waals surface area contributed by atoms with Gasteiger partial charge in [0.15, 0.2) is 0 Å². The summed E-state index contributed by atoms with van der Waals surface area (Å²) in [6, 6.07) is 5.52. The van der Waals surface area contributed by atoms with Gasteiger partial charge in [0.05, 0.1) is 5.60 Å². The van der Waals surface area contributed by atoms with E-state index in [-0.39, 0.29) is 0 Å². The van der Waals surface area contributed by atoms with E-state index in [1.54, 1.807) is 6.07 Å². The number of hydrogen-bond acceptors (Lipinski definition) is 3. The maximum atomic E-state index is 10.3. The van der Waals surface area contributed by atoms with Crippen molar-refractivity contribution in [2.24, 2.45) is 0 Å². The first-order chi connectivity index (χ1) is 8.09. The standard InChI is InChI=1S/C14H21NO2/c1-11-5-6-12(9-13(11)16)15-10-14(17)7-3-2-4-8-14/h5-6,9,15-17H,2-4,7-8,10H2,1H3. The molecule has 17 heavy (non-hydrogen) atoms. The van der Waals surface area contributed by atoms with Gasteiger partial charge in [0.25, 0.3) is 0 Å². The Bertz CT molecular complexity index is 384. The average molecular weight is 235 g/mol. The lowest BCUT2D eigenvalue weighted by molar-refractivity contribution is 0.0167. The zero-order valence-electron chi connectivity index (χ0n) is 10.4. The Kier molecular flexibility index (Phi) is 3.57. The first-order valence-corrected chi connectivity index (χ1v) is 6.35. The Labute approximate surface area is 102 Å². The van der Waals surface area contributed by atoms with Gasteiger partial charge in [0.1, 0.15) is 5.75 Å². The number of phenolic OH excluding ortho intramolecular Hbond substituents is 1. The van der Waals surface area contributed by atoms with Crippen LogP contribution >= 0.6 is 0 Å². The minimum Gasteiger partial charge on any atom is -0.508 e. The number of benzene rings is 1. The molecule has 1 fully saturated rings. The summed E-state index contributed by atoms with van der Waals surface area (Å²) in [5.74, 6) is 0.297. The lowest BCUT2D eigenvalue weighted by Crippen LogP contribution is -2.38. The van der Waals surface area contributed by atoms with Crippen LogP contribution in [0.4, 0.5) is 5.69 Å². The highest BCUT2D eigenvalue weighted by Gasteiger charge is 2.28. The molecule has 1 aliphatic rings. The summed E-state index contributed by atoms with van der Waals surface area (Å²) < 4.78 is 0. The van der Waals surface area contributed by atoms with Crippen LogP contribution in [0.5, 0.6) is 5.75 Å². The van der Waals surface area contributed by atoms with E-state index in [0.717, 1.165) is 36.9 Å². The van der Waals surface area contributed by atoms with Crippen molar-refractivity contribution >= 4 is 5.69 Å². The number of aryl methyl sites for hydroxylation is 1. The fraction of sp³-hybridized carbons (Fsp3) is 0.571. The molecule has 2 rings (SSSR count). The van der Waals surface area contributed by atoms with Crippen molar-refractivity contribution in [3.63, 3.8) is 0 Å². The zero-order valence-corrected chi connectivity index (χ0v) is 10.4. The van der Waals surface area contributed by atoms with Gasteiger partial charge in [0.2, 0.25) is 0 Å². The molecule has 0 heterocycles. The molecule has 1 aromatic carbocycles. The number of anilines is 1. The van der Waals surface area contributed by atoms with Crippen LogP contribution in [0, 0.1) is 6.92 Å². The second kappa shape index (κ2) is 4.96. The van der Waals surface area contributed by atoms with Crippen molar-refractivity contribution in [3.8, 4) is 5.75 Å². The van der Waals surface area contributed by atoms with Gasteiger partial charge in [-0.2, -0.15) is 0 Å². The third-order valence-corrected chi connectivity index (χ3v) is 3.61. The average Bonchev–Trinajstić information content (AvgIpc) is 2.32. The highest BCUT2D eigenvalue weighted by molar-refractivity contribution is 5.51. The number of rotatable bonds is 3. The lowest BCUT2D eigenvalue weighted by atomic mass is 9.85. The summed E-state index contributed by atoms with van der Waals surface area (Å²) in [5.41, 5.74) is 1.16. The van der Waals surface area contributed by atoms with Gasteiger partial charge in [-0.05, 0) is 31.4 Å². The molecule has 0 aromatic heterocycles. The molecule has 3 N–H and O–H groups in total. The van der Waals surface area contributed by atoms with Gasteiger partial charge >= 0.3 is 0 Å². The normalized spacial score (nSPS) is 18.9. The molecule has 1 aliphatic carbocycles. The van der Waals surface area contributed by atoms with E-state index in [2.05, 4.69) is 5.32 Å². The van der Waals surface area contributed by atoms with E-state index < -0.39 is 5.60 Å². The smallest absolute Gasteiger partial charge is 0.120 e. The summed E-state index contributed by atoms with van der Waals surface area (Å²) in [4.78, 5) is 0. The molecule has 0 spiro atoms. The van der Waals surface area contributed by atoms with Crippen LogP contribution < -0.4 is 5.32 Å². The predicted octanol–water partition coefficient (Wildman–Crippen LogP) is 2.81. The maximum absolute atomic E-state index is 10.3.